The fourth-order valence-corrected chi connectivity index (χ4v) is 4.50. The van der Waals surface area contributed by atoms with Crippen LogP contribution in [-0.2, 0) is 0 Å². The molecule has 1 heterocycles. The average molecular weight is 216 g/mol. The van der Waals surface area contributed by atoms with Crippen LogP contribution in [0.25, 0.3) is 0 Å². The van der Waals surface area contributed by atoms with Crippen molar-refractivity contribution in [3.63, 3.8) is 0 Å². The van der Waals surface area contributed by atoms with Gasteiger partial charge in [-0.05, 0) is 25.8 Å². The predicted molar refractivity (Wildman–Crippen MR) is 59.1 cm³/mol. The summed E-state index contributed by atoms with van der Waals surface area (Å²) in [6.45, 7) is 3.10. The maximum Gasteiger partial charge on any atom is 0.199 e. The van der Waals surface area contributed by atoms with Crippen LogP contribution in [0.5, 0.6) is 0 Å². The summed E-state index contributed by atoms with van der Waals surface area (Å²) in [5, 5.41) is 0. The molecule has 0 aromatic rings. The van der Waals surface area contributed by atoms with Crippen LogP contribution >= 0.6 is 0 Å². The number of rotatable bonds is 3. The molecule has 0 aromatic heterocycles. The average Bonchev–Trinajstić information content (AvgIpc) is 2.24. The van der Waals surface area contributed by atoms with Crippen molar-refractivity contribution in [3.05, 3.63) is 0 Å². The largest absolute Gasteiger partial charge is 0.275 e. The van der Waals surface area contributed by atoms with Gasteiger partial charge in [0.2, 0.25) is 0 Å². The van der Waals surface area contributed by atoms with Gasteiger partial charge in [-0.25, -0.2) is 4.39 Å². The van der Waals surface area contributed by atoms with Crippen LogP contribution < -0.4 is 0 Å². The molecule has 14 heavy (non-hydrogen) atoms. The van der Waals surface area contributed by atoms with Crippen LogP contribution in [0, 0.1) is 0 Å². The SMILES string of the molecule is CCCN1[SiH2]N(C2CCCCC2)C1F. The second kappa shape index (κ2) is 4.73. The highest BCUT2D eigenvalue weighted by Gasteiger charge is 2.40. The Balaban J connectivity index is 1.77. The van der Waals surface area contributed by atoms with Crippen molar-refractivity contribution in [1.82, 2.24) is 9.13 Å². The lowest BCUT2D eigenvalue weighted by atomic mass is 9.95. The van der Waals surface area contributed by atoms with E-state index >= 15 is 0 Å². The van der Waals surface area contributed by atoms with E-state index < -0.39 is 6.42 Å². The Morgan fingerprint density at radius 3 is 2.57 bits per heavy atom. The van der Waals surface area contributed by atoms with E-state index in [0.717, 1.165) is 13.0 Å². The quantitative estimate of drug-likeness (QED) is 0.522. The minimum Gasteiger partial charge on any atom is -0.275 e. The van der Waals surface area contributed by atoms with Crippen LogP contribution in [0.15, 0.2) is 0 Å². The molecule has 2 aliphatic rings. The second-order valence-corrected chi connectivity index (χ2v) is 6.40. The maximum atomic E-state index is 13.7. The number of nitrogens with zero attached hydrogens (tertiary/aromatic N) is 2. The summed E-state index contributed by atoms with van der Waals surface area (Å²) in [4.78, 5) is 0. The van der Waals surface area contributed by atoms with Crippen LogP contribution in [0.3, 0.4) is 0 Å². The maximum absolute atomic E-state index is 13.7. The molecule has 1 saturated heterocycles. The van der Waals surface area contributed by atoms with Crippen molar-refractivity contribution in [3.8, 4) is 0 Å². The van der Waals surface area contributed by atoms with Gasteiger partial charge in [-0.3, -0.25) is 9.13 Å². The van der Waals surface area contributed by atoms with Gasteiger partial charge in [0.25, 0.3) is 0 Å². The van der Waals surface area contributed by atoms with Crippen molar-refractivity contribution < 1.29 is 4.39 Å². The minimum atomic E-state index is -0.718. The third kappa shape index (κ3) is 2.02. The third-order valence-corrected chi connectivity index (χ3v) is 5.60. The zero-order valence-corrected chi connectivity index (χ0v) is 10.5. The van der Waals surface area contributed by atoms with Crippen LogP contribution in [0.4, 0.5) is 4.39 Å². The van der Waals surface area contributed by atoms with E-state index in [0.29, 0.717) is 6.04 Å². The first-order valence-electron chi connectivity index (χ1n) is 5.97. The molecule has 1 unspecified atom stereocenters. The zero-order valence-electron chi connectivity index (χ0n) is 9.08. The first-order chi connectivity index (χ1) is 6.83. The Labute approximate surface area is 88.4 Å². The second-order valence-electron chi connectivity index (χ2n) is 4.57. The Morgan fingerprint density at radius 2 is 2.00 bits per heavy atom. The smallest absolute Gasteiger partial charge is 0.199 e. The first kappa shape index (κ1) is 10.6. The van der Waals surface area contributed by atoms with Crippen molar-refractivity contribution in [2.24, 2.45) is 0 Å². The molecule has 82 valence electrons. The minimum absolute atomic E-state index is 0.379. The highest BCUT2D eigenvalue weighted by atomic mass is 28.2. The lowest BCUT2D eigenvalue weighted by molar-refractivity contribution is -0.0475. The van der Waals surface area contributed by atoms with Gasteiger partial charge in [-0.2, -0.15) is 0 Å². The number of halogens is 1. The first-order valence-corrected chi connectivity index (χ1v) is 7.23. The Morgan fingerprint density at radius 1 is 1.29 bits per heavy atom. The van der Waals surface area contributed by atoms with Gasteiger partial charge in [0.1, 0.15) is 0 Å². The van der Waals surface area contributed by atoms with Gasteiger partial charge in [0.15, 0.2) is 16.3 Å². The van der Waals surface area contributed by atoms with E-state index in [1.165, 1.54) is 32.1 Å². The third-order valence-electron chi connectivity index (χ3n) is 3.47. The summed E-state index contributed by atoms with van der Waals surface area (Å²) in [5.74, 6) is 0. The molecule has 1 aliphatic heterocycles. The van der Waals surface area contributed by atoms with E-state index in [1.807, 2.05) is 0 Å². The summed E-state index contributed by atoms with van der Waals surface area (Å²) in [7, 11) is -0.379. The molecule has 1 saturated carbocycles. The molecule has 0 aromatic carbocycles. The molecule has 0 spiro atoms. The van der Waals surface area contributed by atoms with Gasteiger partial charge in [0.05, 0.1) is 0 Å². The topological polar surface area (TPSA) is 6.48 Å². The molecular formula is C10H21FN2Si. The highest BCUT2D eigenvalue weighted by molar-refractivity contribution is 6.32. The van der Waals surface area contributed by atoms with Crippen molar-refractivity contribution >= 4 is 9.84 Å². The fourth-order valence-electron chi connectivity index (χ4n) is 2.62. The lowest BCUT2D eigenvalue weighted by Crippen LogP contribution is -2.67. The number of hydrogen-bond acceptors (Lipinski definition) is 2. The molecule has 1 aliphatic carbocycles. The zero-order chi connectivity index (χ0) is 9.97. The Kier molecular flexibility index (Phi) is 3.57. The number of hydrogen-bond donors (Lipinski definition) is 0. The molecule has 1 atom stereocenters. The van der Waals surface area contributed by atoms with Crippen molar-refractivity contribution in [2.45, 2.75) is 57.9 Å². The molecule has 0 N–H and O–H groups in total. The molecule has 0 radical (unpaired) electrons. The summed E-state index contributed by atoms with van der Waals surface area (Å²) in [6.07, 6.45) is 6.85. The van der Waals surface area contributed by atoms with Gasteiger partial charge in [0, 0.05) is 6.04 Å². The molecule has 0 amide bonds. The standard InChI is InChI=1S/C10H21FN2Si/c1-2-8-12-10(11)13(14-12)9-6-4-3-5-7-9/h9-10H,2-8,14H2,1H3. The van der Waals surface area contributed by atoms with E-state index in [-0.39, 0.29) is 9.84 Å². The highest BCUT2D eigenvalue weighted by Crippen LogP contribution is 2.29. The van der Waals surface area contributed by atoms with Crippen LogP contribution in [0.2, 0.25) is 0 Å². The lowest BCUT2D eigenvalue weighted by Gasteiger charge is -2.50. The van der Waals surface area contributed by atoms with Crippen LogP contribution in [0.1, 0.15) is 45.4 Å². The Hall–Kier alpha value is 0.0669. The normalized spacial score (nSPS) is 33.4. The summed E-state index contributed by atoms with van der Waals surface area (Å²) in [6, 6.07) is 0.596. The molecular weight excluding hydrogens is 195 g/mol. The van der Waals surface area contributed by atoms with Gasteiger partial charge in [-0.15, -0.1) is 0 Å². The van der Waals surface area contributed by atoms with Crippen molar-refractivity contribution in [1.29, 1.82) is 0 Å². The molecule has 4 heteroatoms. The van der Waals surface area contributed by atoms with Gasteiger partial charge in [-0.1, -0.05) is 26.2 Å². The fraction of sp³-hybridized carbons (Fsp3) is 1.00. The van der Waals surface area contributed by atoms with E-state index in [4.69, 9.17) is 0 Å². The monoisotopic (exact) mass is 216 g/mol. The van der Waals surface area contributed by atoms with E-state index in [9.17, 15) is 4.39 Å². The molecule has 2 fully saturated rings. The van der Waals surface area contributed by atoms with Gasteiger partial charge >= 0.3 is 0 Å². The van der Waals surface area contributed by atoms with E-state index in [1.54, 1.807) is 0 Å². The molecule has 0 bridgehead atoms. The predicted octanol–water partition coefficient (Wildman–Crippen LogP) is 1.60. The molecule has 2 nitrogen and oxygen atoms in total. The Bertz CT molecular complexity index is 185. The molecule has 2 rings (SSSR count). The van der Waals surface area contributed by atoms with Crippen LogP contribution in [-0.4, -0.2) is 38.0 Å². The summed E-state index contributed by atoms with van der Waals surface area (Å²) in [5.41, 5.74) is 0. The van der Waals surface area contributed by atoms with Gasteiger partial charge < -0.3 is 0 Å². The summed E-state index contributed by atoms with van der Waals surface area (Å²) >= 11 is 0. The van der Waals surface area contributed by atoms with Crippen molar-refractivity contribution in [2.75, 3.05) is 6.54 Å². The number of alkyl halides is 1. The van der Waals surface area contributed by atoms with E-state index in [2.05, 4.69) is 16.1 Å². The summed E-state index contributed by atoms with van der Waals surface area (Å²) < 4.78 is 17.9.